The highest BCUT2D eigenvalue weighted by molar-refractivity contribution is 7.90. The molecular formula is C123H144ClFN20O3S. The third-order valence-electron chi connectivity index (χ3n) is 30.2. The van der Waals surface area contributed by atoms with E-state index >= 15 is 0 Å². The Labute approximate surface area is 881 Å². The Balaban J connectivity index is 0.000000113. The Hall–Kier alpha value is -13.7. The minimum Gasteiger partial charge on any atom is -0.497 e. The standard InChI is InChI=1S/C26H27N3O2S.C21H25N3.C20H22ClN3.C20H24N4O.C19H21FN4.C17H25N3/c30-32(31,25-9-5-2-6-10-25)29-18-15-22-19-24(11-12-26(22)29)28(23-13-16-27-17-14-23)20-21-7-3-1-4-8-21;1-16(17-5-3-2-4-6-17)24(19-10-12-22-13-11-19)20-7-8-21-18(15-20)9-14-23-21;21-19-13-18(12-16-6-11-23-20(16)19)24(17-7-9-22-10-8-17)14-15-4-2-1-3-5-15;1-25-19-4-2-3-15(11-19)14-24(17-7-9-21-10-8-17)18-5-6-20-16(12-18)13-22-23-20;20-16-3-1-2-14(10-16)13-24(17-6-8-21-9-7-17)18-4-5-19-15(11-18)12-22-23-19;1-13(2)12-20(15-6-8-18-9-7-15)16-3-4-17-14(11-16)5-10-19-17/h1-12,15,18-19,23,27H,13-14,16-17,20H2;2-9,14-16,19,22-23H,10-13H2,1H3;1-6,11-13,17,22-23H,7-10,14H2;2-6,11-13,17,21H,7-10,14H2,1H3,(H,22,23);1-5,10-12,17,21H,6-9,13H2,(H,22,23);3-5,10-11,13,15,18-19H,6-9,12H2,1-2H3. The van der Waals surface area contributed by atoms with Gasteiger partial charge in [-0.05, 0) is 360 Å². The molecule has 6 aromatic heterocycles. The molecule has 6 aliphatic rings. The third-order valence-corrected chi connectivity index (χ3v) is 32.2. The number of aromatic nitrogens is 8. The molecule has 0 aliphatic carbocycles. The lowest BCUT2D eigenvalue weighted by Crippen LogP contribution is -2.44. The average Bonchev–Trinajstić information content (AvgIpc) is 1.62. The number of nitrogens with one attached hydrogen (secondary N) is 11. The Morgan fingerprint density at radius 2 is 0.745 bits per heavy atom. The maximum Gasteiger partial charge on any atom is 0.268 e. The van der Waals surface area contributed by atoms with E-state index in [0.29, 0.717) is 65.2 Å². The molecule has 12 heterocycles. The van der Waals surface area contributed by atoms with Gasteiger partial charge in [-0.2, -0.15) is 10.2 Å². The van der Waals surface area contributed by atoms with Crippen LogP contribution in [-0.4, -0.2) is 176 Å². The van der Waals surface area contributed by atoms with Gasteiger partial charge in [-0.1, -0.05) is 159 Å². The number of fused-ring (bicyclic) bond motifs is 6. The van der Waals surface area contributed by atoms with Crippen LogP contribution in [0.4, 0.5) is 38.5 Å². The van der Waals surface area contributed by atoms with E-state index in [9.17, 15) is 12.8 Å². The van der Waals surface area contributed by atoms with Crippen LogP contribution in [0.25, 0.3) is 65.4 Å². The maximum atomic E-state index is 13.6. The van der Waals surface area contributed by atoms with Crippen molar-refractivity contribution in [1.82, 2.24) is 71.2 Å². The fraction of sp³-hybridized carbons (Fsp3) is 0.333. The molecule has 0 bridgehead atoms. The lowest BCUT2D eigenvalue weighted by molar-refractivity contribution is 0.409. The number of benzene rings is 12. The number of aromatic amines is 5. The summed E-state index contributed by atoms with van der Waals surface area (Å²) in [6.45, 7) is 24.3. The monoisotopic (exact) mass is 2040 g/mol. The molecule has 0 spiro atoms. The highest BCUT2D eigenvalue weighted by Gasteiger charge is 2.32. The van der Waals surface area contributed by atoms with Gasteiger partial charge in [0.2, 0.25) is 0 Å². The second-order valence-electron chi connectivity index (χ2n) is 40.7. The number of ether oxygens (including phenoxy) is 1. The minimum atomic E-state index is -3.63. The Morgan fingerprint density at radius 1 is 0.362 bits per heavy atom. The number of H-pyrrole nitrogens is 5. The Morgan fingerprint density at radius 3 is 1.23 bits per heavy atom. The molecule has 24 rings (SSSR count). The first kappa shape index (κ1) is 104. The molecule has 774 valence electrons. The molecule has 149 heavy (non-hydrogen) atoms. The van der Waals surface area contributed by atoms with Gasteiger partial charge < -0.3 is 81.0 Å². The van der Waals surface area contributed by atoms with Crippen LogP contribution in [0.2, 0.25) is 5.02 Å². The zero-order valence-electron chi connectivity index (χ0n) is 86.3. The van der Waals surface area contributed by atoms with Crippen molar-refractivity contribution in [3.8, 4) is 5.75 Å². The van der Waals surface area contributed by atoms with Crippen LogP contribution in [0.15, 0.2) is 339 Å². The molecule has 12 aromatic carbocycles. The second-order valence-corrected chi connectivity index (χ2v) is 42.9. The topological polar surface area (TPSA) is 245 Å². The highest BCUT2D eigenvalue weighted by atomic mass is 35.5. The van der Waals surface area contributed by atoms with Crippen molar-refractivity contribution in [2.24, 2.45) is 5.92 Å². The molecule has 1 atom stereocenters. The molecule has 6 saturated heterocycles. The van der Waals surface area contributed by atoms with Gasteiger partial charge in [0.15, 0.2) is 0 Å². The summed E-state index contributed by atoms with van der Waals surface area (Å²) in [7, 11) is -1.91. The normalized spacial score (nSPS) is 15.9. The number of hydrogen-bond acceptors (Lipinski definition) is 17. The fourth-order valence-electron chi connectivity index (χ4n) is 22.4. The number of hydrogen-bond donors (Lipinski definition) is 11. The van der Waals surface area contributed by atoms with Crippen molar-refractivity contribution < 1.29 is 17.5 Å². The van der Waals surface area contributed by atoms with E-state index in [-0.39, 0.29) is 5.82 Å². The summed E-state index contributed by atoms with van der Waals surface area (Å²) in [5.74, 6) is 1.42. The van der Waals surface area contributed by atoms with E-state index in [0.717, 1.165) is 211 Å². The molecule has 23 nitrogen and oxygen atoms in total. The Kier molecular flexibility index (Phi) is 35.5. The van der Waals surface area contributed by atoms with Crippen LogP contribution in [0.1, 0.15) is 132 Å². The largest absolute Gasteiger partial charge is 0.497 e. The molecule has 11 N–H and O–H groups in total. The second kappa shape index (κ2) is 51.0. The summed E-state index contributed by atoms with van der Waals surface area (Å²) >= 11 is 6.52. The third kappa shape index (κ3) is 26.8. The number of piperidine rings is 6. The van der Waals surface area contributed by atoms with Crippen LogP contribution >= 0.6 is 11.6 Å². The van der Waals surface area contributed by atoms with Crippen LogP contribution in [0.5, 0.6) is 5.75 Å². The van der Waals surface area contributed by atoms with Crippen molar-refractivity contribution >= 4 is 121 Å². The molecule has 6 aliphatic heterocycles. The SMILES string of the molecule is CC(C)CN(c1ccc2[nH]ccc2c1)C1CCNCC1.CC(c1ccccc1)N(c1ccc2[nH]ccc2c1)C1CCNCC1.COc1cccc(CN(c2ccc3[nH]ncc3c2)C2CCNCC2)c1.Clc1cc(N(Cc2ccccc2)C2CCNCC2)cc2cc[nH]c12.Fc1cccc(CN(c2ccc3[nH]ncc3c2)C2CCNCC2)c1.O=S(=O)(c1ccccc1)n1ccc2cc(N(Cc3ccccc3)C3CCNCC3)ccc21. The number of halogens is 2. The summed E-state index contributed by atoms with van der Waals surface area (Å²) in [4.78, 5) is 25.3. The summed E-state index contributed by atoms with van der Waals surface area (Å²) in [6, 6.07) is 105. The van der Waals surface area contributed by atoms with Crippen LogP contribution < -0.4 is 66.0 Å². The summed E-state index contributed by atoms with van der Waals surface area (Å²) in [5.41, 5.74) is 20.0. The molecular weight excluding hydrogens is 1890 g/mol. The first-order valence-corrected chi connectivity index (χ1v) is 55.5. The van der Waals surface area contributed by atoms with Gasteiger partial charge in [0.05, 0.1) is 57.5 Å². The molecule has 1 unspecified atom stereocenters. The first-order chi connectivity index (χ1) is 73.1. The molecule has 18 aromatic rings. The van der Waals surface area contributed by atoms with Gasteiger partial charge >= 0.3 is 0 Å². The van der Waals surface area contributed by atoms with Gasteiger partial charge in [0, 0.05) is 171 Å². The highest BCUT2D eigenvalue weighted by Crippen LogP contribution is 2.40. The minimum absolute atomic E-state index is 0.178. The van der Waals surface area contributed by atoms with Crippen molar-refractivity contribution in [3.05, 3.63) is 373 Å². The van der Waals surface area contributed by atoms with Gasteiger partial charge in [-0.25, -0.2) is 16.8 Å². The van der Waals surface area contributed by atoms with E-state index in [1.807, 2.05) is 67.4 Å². The van der Waals surface area contributed by atoms with E-state index in [2.05, 4.69) is 336 Å². The van der Waals surface area contributed by atoms with E-state index < -0.39 is 10.0 Å². The quantitative estimate of drug-likeness (QED) is 0.0229. The lowest BCUT2D eigenvalue weighted by atomic mass is 9.98. The lowest BCUT2D eigenvalue weighted by Gasteiger charge is -2.41. The van der Waals surface area contributed by atoms with Gasteiger partial charge in [-0.15, -0.1) is 0 Å². The van der Waals surface area contributed by atoms with Crippen LogP contribution in [0, 0.1) is 11.7 Å². The fourth-order valence-corrected chi connectivity index (χ4v) is 24.0. The molecule has 0 radical (unpaired) electrons. The van der Waals surface area contributed by atoms with Crippen molar-refractivity contribution in [1.29, 1.82) is 0 Å². The van der Waals surface area contributed by atoms with Gasteiger partial charge in [0.25, 0.3) is 10.0 Å². The van der Waals surface area contributed by atoms with E-state index in [4.69, 9.17) is 16.3 Å². The molecule has 0 amide bonds. The number of nitrogens with zero attached hydrogens (tertiary/aromatic N) is 9. The van der Waals surface area contributed by atoms with Crippen molar-refractivity contribution in [2.45, 2.75) is 171 Å². The van der Waals surface area contributed by atoms with Gasteiger partial charge in [0.1, 0.15) is 11.6 Å². The number of rotatable bonds is 27. The van der Waals surface area contributed by atoms with Crippen LogP contribution in [-0.2, 0) is 36.2 Å². The van der Waals surface area contributed by atoms with Crippen molar-refractivity contribution in [3.63, 3.8) is 0 Å². The predicted molar refractivity (Wildman–Crippen MR) is 615 cm³/mol. The van der Waals surface area contributed by atoms with E-state index in [1.54, 1.807) is 49.7 Å². The molecule has 26 heteroatoms. The molecule has 6 fully saturated rings. The Bertz CT molecular complexity index is 7330. The number of methoxy groups -OCH3 is 1. The zero-order valence-corrected chi connectivity index (χ0v) is 87.9. The smallest absolute Gasteiger partial charge is 0.268 e. The first-order valence-electron chi connectivity index (χ1n) is 53.7. The predicted octanol–water partition coefficient (Wildman–Crippen LogP) is 23.9. The van der Waals surface area contributed by atoms with Gasteiger partial charge in [-0.3, -0.25) is 10.2 Å². The van der Waals surface area contributed by atoms with E-state index in [1.165, 1.54) is 114 Å². The summed E-state index contributed by atoms with van der Waals surface area (Å²) in [6.07, 6.45) is 25.3. The summed E-state index contributed by atoms with van der Waals surface area (Å²) < 4.78 is 46.7. The molecule has 0 saturated carbocycles. The zero-order chi connectivity index (χ0) is 102. The summed E-state index contributed by atoms with van der Waals surface area (Å²) in [5, 5.41) is 42.8. The maximum absolute atomic E-state index is 13.6. The van der Waals surface area contributed by atoms with Crippen LogP contribution in [0.3, 0.4) is 0 Å². The average molecular weight is 2040 g/mol. The number of anilines is 6. The van der Waals surface area contributed by atoms with Crippen molar-refractivity contribution in [2.75, 3.05) is 122 Å².